The highest BCUT2D eigenvalue weighted by molar-refractivity contribution is 5.69. The maximum absolute atomic E-state index is 11.9. The molecule has 2 heterocycles. The van der Waals surface area contributed by atoms with E-state index in [0.29, 0.717) is 25.6 Å². The predicted molar refractivity (Wildman–Crippen MR) is 75.3 cm³/mol. The molecular formula is C16H21NO3. The Labute approximate surface area is 119 Å². The van der Waals surface area contributed by atoms with Crippen molar-refractivity contribution in [3.8, 4) is 0 Å². The van der Waals surface area contributed by atoms with E-state index in [4.69, 9.17) is 9.47 Å². The molecule has 0 aliphatic carbocycles. The van der Waals surface area contributed by atoms with E-state index in [0.717, 1.165) is 18.6 Å². The van der Waals surface area contributed by atoms with Crippen LogP contribution >= 0.6 is 0 Å². The van der Waals surface area contributed by atoms with Crippen molar-refractivity contribution in [3.05, 3.63) is 35.9 Å². The zero-order valence-electron chi connectivity index (χ0n) is 11.9. The van der Waals surface area contributed by atoms with Crippen LogP contribution in [0.5, 0.6) is 0 Å². The molecule has 1 aromatic rings. The lowest BCUT2D eigenvalue weighted by atomic mass is 9.84. The van der Waals surface area contributed by atoms with Crippen LogP contribution in [0, 0.1) is 5.92 Å². The van der Waals surface area contributed by atoms with Crippen molar-refractivity contribution in [2.75, 3.05) is 19.7 Å². The molecule has 2 aliphatic rings. The first kappa shape index (κ1) is 13.4. The molecule has 0 bridgehead atoms. The average Bonchev–Trinajstić information content (AvgIpc) is 2.45. The number of likely N-dealkylation sites (tertiary alicyclic amines) is 1. The van der Waals surface area contributed by atoms with Crippen LogP contribution in [0.3, 0.4) is 0 Å². The third-order valence-electron chi connectivity index (χ3n) is 4.19. The molecule has 3 rings (SSSR count). The molecule has 1 amide bonds. The van der Waals surface area contributed by atoms with Crippen LogP contribution in [0.2, 0.25) is 0 Å². The van der Waals surface area contributed by atoms with E-state index >= 15 is 0 Å². The van der Waals surface area contributed by atoms with E-state index in [1.165, 1.54) is 6.42 Å². The second kappa shape index (κ2) is 5.44. The minimum atomic E-state index is -0.235. The predicted octanol–water partition coefficient (Wildman–Crippen LogP) is 2.82. The number of hydrogen-bond acceptors (Lipinski definition) is 3. The molecule has 0 radical (unpaired) electrons. The van der Waals surface area contributed by atoms with Gasteiger partial charge in [0.15, 0.2) is 0 Å². The van der Waals surface area contributed by atoms with E-state index in [1.54, 1.807) is 4.90 Å². The Morgan fingerprint density at radius 1 is 1.40 bits per heavy atom. The molecule has 2 saturated heterocycles. The number of rotatable bonds is 2. The summed E-state index contributed by atoms with van der Waals surface area (Å²) in [6.45, 7) is 4.70. The third kappa shape index (κ3) is 2.80. The van der Waals surface area contributed by atoms with E-state index in [-0.39, 0.29) is 11.7 Å². The van der Waals surface area contributed by atoms with Crippen molar-refractivity contribution in [2.45, 2.75) is 32.0 Å². The van der Waals surface area contributed by atoms with Gasteiger partial charge < -0.3 is 14.4 Å². The minimum absolute atomic E-state index is 0.0850. The Kier molecular flexibility index (Phi) is 3.66. The number of carbonyl (C=O) groups excluding carboxylic acids is 1. The van der Waals surface area contributed by atoms with Crippen LogP contribution in [0.25, 0.3) is 0 Å². The van der Waals surface area contributed by atoms with Gasteiger partial charge in [0, 0.05) is 0 Å². The fourth-order valence-corrected chi connectivity index (χ4v) is 2.82. The van der Waals surface area contributed by atoms with Gasteiger partial charge in [0.1, 0.15) is 12.2 Å². The monoisotopic (exact) mass is 275 g/mol. The van der Waals surface area contributed by atoms with Gasteiger partial charge in [-0.25, -0.2) is 4.79 Å². The van der Waals surface area contributed by atoms with Crippen LogP contribution in [0.1, 0.15) is 25.3 Å². The smallest absolute Gasteiger partial charge is 0.410 e. The van der Waals surface area contributed by atoms with Crippen LogP contribution in [-0.4, -0.2) is 36.3 Å². The van der Waals surface area contributed by atoms with Crippen molar-refractivity contribution in [1.82, 2.24) is 4.90 Å². The van der Waals surface area contributed by atoms with E-state index in [9.17, 15) is 4.79 Å². The van der Waals surface area contributed by atoms with Gasteiger partial charge in [-0.2, -0.15) is 0 Å². The first-order valence-corrected chi connectivity index (χ1v) is 7.26. The highest BCUT2D eigenvalue weighted by Crippen LogP contribution is 2.36. The molecule has 0 saturated carbocycles. The molecule has 1 atom stereocenters. The fraction of sp³-hybridized carbons (Fsp3) is 0.562. The van der Waals surface area contributed by atoms with Crippen molar-refractivity contribution < 1.29 is 14.3 Å². The maximum Gasteiger partial charge on any atom is 0.410 e. The summed E-state index contributed by atoms with van der Waals surface area (Å²) >= 11 is 0. The molecule has 2 aliphatic heterocycles. The van der Waals surface area contributed by atoms with Gasteiger partial charge in [0.2, 0.25) is 0 Å². The summed E-state index contributed by atoms with van der Waals surface area (Å²) in [5, 5.41) is 0. The summed E-state index contributed by atoms with van der Waals surface area (Å²) < 4.78 is 11.2. The Balaban J connectivity index is 1.44. The molecular weight excluding hydrogens is 254 g/mol. The first-order valence-electron chi connectivity index (χ1n) is 7.26. The summed E-state index contributed by atoms with van der Waals surface area (Å²) in [7, 11) is 0. The fourth-order valence-electron chi connectivity index (χ4n) is 2.82. The summed E-state index contributed by atoms with van der Waals surface area (Å²) in [6.07, 6.45) is 2.01. The van der Waals surface area contributed by atoms with Gasteiger partial charge >= 0.3 is 6.09 Å². The van der Waals surface area contributed by atoms with Gasteiger partial charge in [-0.1, -0.05) is 37.3 Å². The van der Waals surface area contributed by atoms with Crippen molar-refractivity contribution in [2.24, 2.45) is 5.92 Å². The third-order valence-corrected chi connectivity index (χ3v) is 4.19. The van der Waals surface area contributed by atoms with Crippen molar-refractivity contribution in [1.29, 1.82) is 0 Å². The summed E-state index contributed by atoms with van der Waals surface area (Å²) in [6, 6.07) is 9.75. The van der Waals surface area contributed by atoms with Gasteiger partial charge in [-0.15, -0.1) is 0 Å². The van der Waals surface area contributed by atoms with Gasteiger partial charge in [-0.3, -0.25) is 0 Å². The lowest BCUT2D eigenvalue weighted by Gasteiger charge is -2.51. The van der Waals surface area contributed by atoms with Crippen LogP contribution < -0.4 is 0 Å². The van der Waals surface area contributed by atoms with Crippen LogP contribution in [0.15, 0.2) is 30.3 Å². The summed E-state index contributed by atoms with van der Waals surface area (Å²) in [5.74, 6) is 0.639. The van der Waals surface area contributed by atoms with Gasteiger partial charge in [0.25, 0.3) is 0 Å². The van der Waals surface area contributed by atoms with E-state index in [2.05, 4.69) is 6.92 Å². The maximum atomic E-state index is 11.9. The van der Waals surface area contributed by atoms with Crippen LogP contribution in [-0.2, 0) is 16.1 Å². The minimum Gasteiger partial charge on any atom is -0.445 e. The zero-order valence-corrected chi connectivity index (χ0v) is 11.9. The normalized spacial score (nSPS) is 24.2. The Morgan fingerprint density at radius 3 is 2.80 bits per heavy atom. The zero-order chi connectivity index (χ0) is 14.0. The largest absolute Gasteiger partial charge is 0.445 e. The number of carbonyl (C=O) groups is 1. The van der Waals surface area contributed by atoms with Gasteiger partial charge in [0.05, 0.1) is 19.7 Å². The molecule has 4 nitrogen and oxygen atoms in total. The quantitative estimate of drug-likeness (QED) is 0.833. The molecule has 0 N–H and O–H groups in total. The van der Waals surface area contributed by atoms with Crippen LogP contribution in [0.4, 0.5) is 4.79 Å². The second-order valence-electron chi connectivity index (χ2n) is 6.03. The Hall–Kier alpha value is -1.55. The lowest BCUT2D eigenvalue weighted by Crippen LogP contribution is -2.66. The molecule has 20 heavy (non-hydrogen) atoms. The number of ether oxygens (including phenoxy) is 2. The molecule has 108 valence electrons. The number of benzene rings is 1. The molecule has 4 heteroatoms. The number of amides is 1. The summed E-state index contributed by atoms with van der Waals surface area (Å²) in [5.41, 5.74) is 0.928. The SMILES string of the molecule is C[C@@H]1CCC2(CN(C(=O)OCc3ccccc3)C2)OC1. The molecule has 2 fully saturated rings. The molecule has 0 unspecified atom stereocenters. The van der Waals surface area contributed by atoms with Gasteiger partial charge in [-0.05, 0) is 24.3 Å². The molecule has 1 spiro atoms. The summed E-state index contributed by atoms with van der Waals surface area (Å²) in [4.78, 5) is 13.7. The van der Waals surface area contributed by atoms with E-state index in [1.807, 2.05) is 30.3 Å². The molecule has 1 aromatic carbocycles. The number of nitrogens with zero attached hydrogens (tertiary/aromatic N) is 1. The average molecular weight is 275 g/mol. The Bertz CT molecular complexity index is 458. The first-order chi connectivity index (χ1) is 9.67. The van der Waals surface area contributed by atoms with E-state index < -0.39 is 0 Å². The Morgan fingerprint density at radius 2 is 2.15 bits per heavy atom. The number of hydrogen-bond donors (Lipinski definition) is 0. The highest BCUT2D eigenvalue weighted by Gasteiger charge is 2.48. The lowest BCUT2D eigenvalue weighted by molar-refractivity contribution is -0.169. The topological polar surface area (TPSA) is 38.8 Å². The van der Waals surface area contributed by atoms with Crippen molar-refractivity contribution in [3.63, 3.8) is 0 Å². The molecule has 0 aromatic heterocycles. The second-order valence-corrected chi connectivity index (χ2v) is 6.03. The van der Waals surface area contributed by atoms with Crippen molar-refractivity contribution >= 4 is 6.09 Å². The highest BCUT2D eigenvalue weighted by atomic mass is 16.6. The standard InChI is InChI=1S/C16H21NO3/c1-13-7-8-16(20-9-13)11-17(12-16)15(18)19-10-14-5-3-2-4-6-14/h2-6,13H,7-12H2,1H3/t13-/m1/s1.